The summed E-state index contributed by atoms with van der Waals surface area (Å²) in [5.41, 5.74) is 8.16. The first-order valence-corrected chi connectivity index (χ1v) is 6.92. The molecule has 0 spiro atoms. The maximum atomic E-state index is 5.99. The van der Waals surface area contributed by atoms with E-state index in [0.29, 0.717) is 12.5 Å². The molecule has 1 heterocycles. The van der Waals surface area contributed by atoms with Gasteiger partial charge in [-0.25, -0.2) is 0 Å². The van der Waals surface area contributed by atoms with E-state index in [2.05, 4.69) is 30.4 Å². The molecule has 1 atom stereocenters. The Morgan fingerprint density at radius 3 is 3.06 bits per heavy atom. The first-order valence-electron chi connectivity index (χ1n) is 6.92. The van der Waals surface area contributed by atoms with Gasteiger partial charge in [-0.1, -0.05) is 17.7 Å². The Kier molecular flexibility index (Phi) is 5.02. The third-order valence-corrected chi connectivity index (χ3v) is 3.50. The number of nitrogens with one attached hydrogen (secondary N) is 1. The number of ether oxygens (including phenoxy) is 1. The van der Waals surface area contributed by atoms with Gasteiger partial charge in [-0.2, -0.15) is 0 Å². The van der Waals surface area contributed by atoms with Crippen LogP contribution in [0.15, 0.2) is 18.2 Å². The zero-order valence-electron chi connectivity index (χ0n) is 11.2. The molecule has 0 saturated carbocycles. The molecule has 0 aliphatic carbocycles. The van der Waals surface area contributed by atoms with Crippen LogP contribution in [0.2, 0.25) is 0 Å². The Labute approximate surface area is 110 Å². The number of hydrogen-bond acceptors (Lipinski definition) is 3. The summed E-state index contributed by atoms with van der Waals surface area (Å²) >= 11 is 0. The molecule has 2 rings (SSSR count). The van der Waals surface area contributed by atoms with Gasteiger partial charge >= 0.3 is 0 Å². The van der Waals surface area contributed by atoms with Crippen LogP contribution in [0.25, 0.3) is 0 Å². The Morgan fingerprint density at radius 1 is 1.44 bits per heavy atom. The molecule has 0 amide bonds. The van der Waals surface area contributed by atoms with Gasteiger partial charge in [0, 0.05) is 12.5 Å². The van der Waals surface area contributed by atoms with Crippen LogP contribution in [0.4, 0.5) is 0 Å². The van der Waals surface area contributed by atoms with Crippen LogP contribution in [-0.2, 0) is 6.42 Å². The van der Waals surface area contributed by atoms with E-state index in [0.717, 1.165) is 31.9 Å². The lowest BCUT2D eigenvalue weighted by molar-refractivity contribution is 0.217. The Bertz CT molecular complexity index is 373. The van der Waals surface area contributed by atoms with Crippen molar-refractivity contribution < 1.29 is 4.74 Å². The molecule has 1 aromatic rings. The molecule has 3 heteroatoms. The van der Waals surface area contributed by atoms with Gasteiger partial charge in [-0.05, 0) is 50.9 Å². The van der Waals surface area contributed by atoms with Gasteiger partial charge in [-0.3, -0.25) is 0 Å². The van der Waals surface area contributed by atoms with Crippen molar-refractivity contribution in [3.8, 4) is 5.75 Å². The summed E-state index contributed by atoms with van der Waals surface area (Å²) in [5, 5.41) is 3.42. The van der Waals surface area contributed by atoms with Gasteiger partial charge in [0.25, 0.3) is 0 Å². The Hall–Kier alpha value is -1.06. The highest BCUT2D eigenvalue weighted by Crippen LogP contribution is 2.22. The smallest absolute Gasteiger partial charge is 0.122 e. The predicted molar refractivity (Wildman–Crippen MR) is 75.0 cm³/mol. The van der Waals surface area contributed by atoms with E-state index in [1.54, 1.807) is 0 Å². The maximum Gasteiger partial charge on any atom is 0.122 e. The van der Waals surface area contributed by atoms with Crippen molar-refractivity contribution in [3.63, 3.8) is 0 Å². The molecule has 1 aliphatic heterocycles. The molecule has 100 valence electrons. The monoisotopic (exact) mass is 248 g/mol. The average Bonchev–Trinajstić information content (AvgIpc) is 2.39. The quantitative estimate of drug-likeness (QED) is 0.836. The van der Waals surface area contributed by atoms with Gasteiger partial charge in [0.05, 0.1) is 6.61 Å². The van der Waals surface area contributed by atoms with E-state index in [9.17, 15) is 0 Å². The molecular formula is C15H24N2O. The molecule has 1 aliphatic rings. The van der Waals surface area contributed by atoms with Crippen LogP contribution in [0.1, 0.15) is 24.0 Å². The third kappa shape index (κ3) is 3.72. The minimum Gasteiger partial charge on any atom is -0.493 e. The molecule has 0 aromatic heterocycles. The fourth-order valence-electron chi connectivity index (χ4n) is 2.47. The van der Waals surface area contributed by atoms with Crippen molar-refractivity contribution in [3.05, 3.63) is 29.3 Å². The highest BCUT2D eigenvalue weighted by molar-refractivity contribution is 5.37. The second kappa shape index (κ2) is 6.76. The maximum absolute atomic E-state index is 5.99. The minimum atomic E-state index is 0.644. The van der Waals surface area contributed by atoms with Gasteiger partial charge in [-0.15, -0.1) is 0 Å². The normalized spacial score (nSPS) is 19.8. The Balaban J connectivity index is 1.94. The average molecular weight is 248 g/mol. The molecule has 18 heavy (non-hydrogen) atoms. The second-order valence-electron chi connectivity index (χ2n) is 5.17. The molecule has 0 radical (unpaired) electrons. The second-order valence-corrected chi connectivity index (χ2v) is 5.17. The lowest BCUT2D eigenvalue weighted by atomic mass is 10.0. The van der Waals surface area contributed by atoms with E-state index in [-0.39, 0.29) is 0 Å². The topological polar surface area (TPSA) is 47.3 Å². The third-order valence-electron chi connectivity index (χ3n) is 3.50. The molecule has 1 unspecified atom stereocenters. The van der Waals surface area contributed by atoms with Gasteiger partial charge in [0.15, 0.2) is 0 Å². The van der Waals surface area contributed by atoms with E-state index < -0.39 is 0 Å². The highest BCUT2D eigenvalue weighted by atomic mass is 16.5. The van der Waals surface area contributed by atoms with Gasteiger partial charge in [0.1, 0.15) is 5.75 Å². The fourth-order valence-corrected chi connectivity index (χ4v) is 2.47. The number of benzene rings is 1. The van der Waals surface area contributed by atoms with Crippen molar-refractivity contribution in [2.45, 2.75) is 26.2 Å². The summed E-state index contributed by atoms with van der Waals surface area (Å²) in [6, 6.07) is 6.37. The Morgan fingerprint density at radius 2 is 2.33 bits per heavy atom. The van der Waals surface area contributed by atoms with Crippen LogP contribution >= 0.6 is 0 Å². The molecule has 3 nitrogen and oxygen atoms in total. The SMILES string of the molecule is Cc1ccc(OCC2CCCNC2)c(CCN)c1. The summed E-state index contributed by atoms with van der Waals surface area (Å²) in [5.74, 6) is 1.66. The van der Waals surface area contributed by atoms with Gasteiger partial charge < -0.3 is 15.8 Å². The fraction of sp³-hybridized carbons (Fsp3) is 0.600. The number of hydrogen-bond donors (Lipinski definition) is 2. The summed E-state index contributed by atoms with van der Waals surface area (Å²) in [4.78, 5) is 0. The van der Waals surface area contributed by atoms with E-state index in [1.165, 1.54) is 24.0 Å². The lowest BCUT2D eigenvalue weighted by Crippen LogP contribution is -2.33. The van der Waals surface area contributed by atoms with E-state index in [4.69, 9.17) is 10.5 Å². The van der Waals surface area contributed by atoms with E-state index in [1.807, 2.05) is 0 Å². The van der Waals surface area contributed by atoms with Crippen LogP contribution < -0.4 is 15.8 Å². The molecule has 1 saturated heterocycles. The largest absolute Gasteiger partial charge is 0.493 e. The first-order chi connectivity index (χ1) is 8.79. The summed E-state index contributed by atoms with van der Waals surface area (Å²) in [6.45, 7) is 5.82. The van der Waals surface area contributed by atoms with Crippen LogP contribution in [0.5, 0.6) is 5.75 Å². The van der Waals surface area contributed by atoms with Crippen LogP contribution in [0, 0.1) is 12.8 Å². The standard InChI is InChI=1S/C15H24N2O/c1-12-4-5-15(14(9-12)6-7-16)18-11-13-3-2-8-17-10-13/h4-5,9,13,17H,2-3,6-8,10-11,16H2,1H3. The minimum absolute atomic E-state index is 0.644. The number of nitrogens with two attached hydrogens (primary N) is 1. The first kappa shape index (κ1) is 13.4. The molecule has 0 bridgehead atoms. The van der Waals surface area contributed by atoms with Crippen LogP contribution in [0.3, 0.4) is 0 Å². The number of aryl methyl sites for hydroxylation is 1. The zero-order chi connectivity index (χ0) is 12.8. The molecule has 1 aromatic carbocycles. The number of piperidine rings is 1. The van der Waals surface area contributed by atoms with Crippen molar-refractivity contribution in [1.82, 2.24) is 5.32 Å². The highest BCUT2D eigenvalue weighted by Gasteiger charge is 2.14. The van der Waals surface area contributed by atoms with Crippen LogP contribution in [-0.4, -0.2) is 26.2 Å². The van der Waals surface area contributed by atoms with Crippen molar-refractivity contribution in [2.75, 3.05) is 26.2 Å². The lowest BCUT2D eigenvalue weighted by Gasteiger charge is -2.23. The number of rotatable bonds is 5. The van der Waals surface area contributed by atoms with Crippen molar-refractivity contribution in [2.24, 2.45) is 11.7 Å². The molecular weight excluding hydrogens is 224 g/mol. The molecule has 1 fully saturated rings. The summed E-state index contributed by atoms with van der Waals surface area (Å²) in [6.07, 6.45) is 3.42. The zero-order valence-corrected chi connectivity index (χ0v) is 11.2. The van der Waals surface area contributed by atoms with Gasteiger partial charge in [0.2, 0.25) is 0 Å². The van der Waals surface area contributed by atoms with Crippen molar-refractivity contribution >= 4 is 0 Å². The van der Waals surface area contributed by atoms with Crippen molar-refractivity contribution in [1.29, 1.82) is 0 Å². The summed E-state index contributed by atoms with van der Waals surface area (Å²) in [7, 11) is 0. The predicted octanol–water partition coefficient (Wildman–Crippen LogP) is 1.87. The molecule has 3 N–H and O–H groups in total. The van der Waals surface area contributed by atoms with E-state index >= 15 is 0 Å². The summed E-state index contributed by atoms with van der Waals surface area (Å²) < 4.78 is 5.99.